The number of methoxy groups -OCH3 is 1. The van der Waals surface area contributed by atoms with E-state index in [9.17, 15) is 4.79 Å². The van der Waals surface area contributed by atoms with E-state index in [-0.39, 0.29) is 5.91 Å². The van der Waals surface area contributed by atoms with Gasteiger partial charge in [-0.1, -0.05) is 0 Å². The highest BCUT2D eigenvalue weighted by Crippen LogP contribution is 2.16. The Labute approximate surface area is 100 Å². The van der Waals surface area contributed by atoms with Gasteiger partial charge in [-0.15, -0.1) is 0 Å². The van der Waals surface area contributed by atoms with E-state index in [2.05, 4.69) is 10.7 Å². The van der Waals surface area contributed by atoms with Crippen molar-refractivity contribution in [3.8, 4) is 5.75 Å². The van der Waals surface area contributed by atoms with Crippen LogP contribution in [0.5, 0.6) is 5.75 Å². The van der Waals surface area contributed by atoms with E-state index < -0.39 is 0 Å². The summed E-state index contributed by atoms with van der Waals surface area (Å²) < 4.78 is 5.05. The smallest absolute Gasteiger partial charge is 0.254 e. The lowest BCUT2D eigenvalue weighted by atomic mass is 10.2. The van der Waals surface area contributed by atoms with Crippen molar-refractivity contribution in [3.05, 3.63) is 36.0 Å². The van der Waals surface area contributed by atoms with E-state index in [0.717, 1.165) is 11.4 Å². The minimum atomic E-state index is -0.0907. The number of nitrogens with zero attached hydrogens (tertiary/aromatic N) is 1. The van der Waals surface area contributed by atoms with Crippen molar-refractivity contribution in [1.29, 1.82) is 0 Å². The number of likely N-dealkylation sites (N-methyl/N-ethyl adjacent to an activating group) is 1. The Bertz CT molecular complexity index is 440. The summed E-state index contributed by atoms with van der Waals surface area (Å²) in [7, 11) is 3.49. The summed E-state index contributed by atoms with van der Waals surface area (Å²) in [6.07, 6.45) is 1.71. The van der Waals surface area contributed by atoms with Crippen LogP contribution in [0.25, 0.3) is 0 Å². The average Bonchev–Trinajstić information content (AvgIpc) is 2.77. The van der Waals surface area contributed by atoms with Crippen LogP contribution in [0.4, 0.5) is 5.69 Å². The van der Waals surface area contributed by atoms with Crippen LogP contribution in [-0.4, -0.2) is 31.6 Å². The maximum atomic E-state index is 11.8. The zero-order valence-electron chi connectivity index (χ0n) is 9.86. The molecular weight excluding hydrogens is 218 g/mol. The molecule has 0 atom stereocenters. The van der Waals surface area contributed by atoms with Gasteiger partial charge in [0.25, 0.3) is 5.91 Å². The Morgan fingerprint density at radius 3 is 2.65 bits per heavy atom. The fourth-order valence-electron chi connectivity index (χ4n) is 1.56. The topological polar surface area (TPSA) is 53.6 Å². The fourth-order valence-corrected chi connectivity index (χ4v) is 1.56. The van der Waals surface area contributed by atoms with E-state index in [1.54, 1.807) is 13.3 Å². The molecule has 1 aliphatic rings. The second kappa shape index (κ2) is 4.88. The zero-order valence-corrected chi connectivity index (χ0v) is 9.86. The molecule has 0 fully saturated rings. The Hall–Kier alpha value is -2.01. The molecule has 17 heavy (non-hydrogen) atoms. The monoisotopic (exact) mass is 233 g/mol. The third kappa shape index (κ3) is 2.76. The highest BCUT2D eigenvalue weighted by Gasteiger charge is 2.16. The number of amides is 1. The molecule has 90 valence electrons. The van der Waals surface area contributed by atoms with Crippen LogP contribution in [0.2, 0.25) is 0 Å². The van der Waals surface area contributed by atoms with E-state index in [1.165, 1.54) is 0 Å². The molecule has 0 saturated carbocycles. The van der Waals surface area contributed by atoms with Gasteiger partial charge in [-0.2, -0.15) is 0 Å². The molecule has 5 nitrogen and oxygen atoms in total. The van der Waals surface area contributed by atoms with Crippen molar-refractivity contribution in [2.24, 2.45) is 0 Å². The first kappa shape index (κ1) is 11.5. The van der Waals surface area contributed by atoms with Crippen molar-refractivity contribution in [2.45, 2.75) is 0 Å². The molecule has 5 heteroatoms. The predicted molar refractivity (Wildman–Crippen MR) is 65.5 cm³/mol. The molecule has 1 aromatic rings. The standard InChI is InChI=1S/C12H15N3O2/c1-15-8-9(7-13-15)12(16)14-10-3-5-11(17-2)6-4-10/h3-7,13H,8H2,1-2H3,(H,14,16). The summed E-state index contributed by atoms with van der Waals surface area (Å²) in [6, 6.07) is 7.23. The van der Waals surface area contributed by atoms with Gasteiger partial charge in [0.2, 0.25) is 0 Å². The number of carbonyl (C=O) groups excluding carboxylic acids is 1. The van der Waals surface area contributed by atoms with Gasteiger partial charge < -0.3 is 15.5 Å². The fraction of sp³-hybridized carbons (Fsp3) is 0.250. The number of nitrogens with one attached hydrogen (secondary N) is 2. The van der Waals surface area contributed by atoms with Gasteiger partial charge in [0.1, 0.15) is 5.75 Å². The predicted octanol–water partition coefficient (Wildman–Crippen LogP) is 0.968. The van der Waals surface area contributed by atoms with Crippen LogP contribution in [0.1, 0.15) is 0 Å². The first-order valence-electron chi connectivity index (χ1n) is 5.31. The number of rotatable bonds is 3. The Morgan fingerprint density at radius 1 is 1.41 bits per heavy atom. The highest BCUT2D eigenvalue weighted by molar-refractivity contribution is 6.04. The molecule has 1 aromatic carbocycles. The van der Waals surface area contributed by atoms with Crippen LogP contribution >= 0.6 is 0 Å². The lowest BCUT2D eigenvalue weighted by Gasteiger charge is -2.08. The number of hydrogen-bond acceptors (Lipinski definition) is 4. The summed E-state index contributed by atoms with van der Waals surface area (Å²) in [5.74, 6) is 0.677. The van der Waals surface area contributed by atoms with E-state index >= 15 is 0 Å². The van der Waals surface area contributed by atoms with Gasteiger partial charge in [0.05, 0.1) is 12.7 Å². The van der Waals surface area contributed by atoms with Crippen molar-refractivity contribution >= 4 is 11.6 Å². The molecule has 1 amide bonds. The normalized spacial score (nSPS) is 15.1. The third-order valence-corrected chi connectivity index (χ3v) is 2.51. The Kier molecular flexibility index (Phi) is 3.30. The summed E-state index contributed by atoms with van der Waals surface area (Å²) in [5, 5.41) is 4.66. The quantitative estimate of drug-likeness (QED) is 0.816. The molecule has 0 radical (unpaired) electrons. The first-order valence-corrected chi connectivity index (χ1v) is 5.31. The van der Waals surface area contributed by atoms with E-state index in [1.807, 2.05) is 36.3 Å². The van der Waals surface area contributed by atoms with Crippen LogP contribution < -0.4 is 15.5 Å². The molecule has 0 aliphatic carbocycles. The van der Waals surface area contributed by atoms with Crippen LogP contribution in [0, 0.1) is 0 Å². The lowest BCUT2D eigenvalue weighted by molar-refractivity contribution is -0.112. The van der Waals surface area contributed by atoms with Gasteiger partial charge in [0, 0.05) is 25.5 Å². The first-order chi connectivity index (χ1) is 8.19. The number of anilines is 1. The second-order valence-corrected chi connectivity index (χ2v) is 3.84. The van der Waals surface area contributed by atoms with Crippen molar-refractivity contribution < 1.29 is 9.53 Å². The number of hydrogen-bond donors (Lipinski definition) is 2. The van der Waals surface area contributed by atoms with E-state index in [4.69, 9.17) is 4.74 Å². The largest absolute Gasteiger partial charge is 0.497 e. The number of carbonyl (C=O) groups is 1. The summed E-state index contributed by atoms with van der Waals surface area (Å²) in [4.78, 5) is 11.8. The minimum Gasteiger partial charge on any atom is -0.497 e. The maximum absolute atomic E-state index is 11.8. The molecule has 0 spiro atoms. The Morgan fingerprint density at radius 2 is 2.12 bits per heavy atom. The Balaban J connectivity index is 1.98. The van der Waals surface area contributed by atoms with Gasteiger partial charge >= 0.3 is 0 Å². The molecule has 1 heterocycles. The maximum Gasteiger partial charge on any atom is 0.254 e. The van der Waals surface area contributed by atoms with Crippen molar-refractivity contribution in [2.75, 3.05) is 26.0 Å². The van der Waals surface area contributed by atoms with Crippen LogP contribution in [-0.2, 0) is 4.79 Å². The number of benzene rings is 1. The molecule has 0 unspecified atom stereocenters. The molecule has 0 saturated heterocycles. The van der Waals surface area contributed by atoms with Gasteiger partial charge in [-0.05, 0) is 24.3 Å². The number of hydrazine groups is 1. The van der Waals surface area contributed by atoms with Crippen LogP contribution in [0.15, 0.2) is 36.0 Å². The SMILES string of the molecule is COc1ccc(NC(=O)C2=CNN(C)C2)cc1. The molecule has 0 aromatic heterocycles. The second-order valence-electron chi connectivity index (χ2n) is 3.84. The summed E-state index contributed by atoms with van der Waals surface area (Å²) in [5.41, 5.74) is 4.41. The molecule has 1 aliphatic heterocycles. The highest BCUT2D eigenvalue weighted by atomic mass is 16.5. The lowest BCUT2D eigenvalue weighted by Crippen LogP contribution is -2.26. The molecule has 0 bridgehead atoms. The molecular formula is C12H15N3O2. The van der Waals surface area contributed by atoms with Gasteiger partial charge in [-0.3, -0.25) is 4.79 Å². The number of ether oxygens (including phenoxy) is 1. The van der Waals surface area contributed by atoms with Crippen LogP contribution in [0.3, 0.4) is 0 Å². The minimum absolute atomic E-state index is 0.0907. The van der Waals surface area contributed by atoms with Gasteiger partial charge in [-0.25, -0.2) is 5.01 Å². The van der Waals surface area contributed by atoms with Crippen molar-refractivity contribution in [3.63, 3.8) is 0 Å². The summed E-state index contributed by atoms with van der Waals surface area (Å²) in [6.45, 7) is 0.599. The average molecular weight is 233 g/mol. The zero-order chi connectivity index (χ0) is 12.3. The third-order valence-electron chi connectivity index (χ3n) is 2.51. The van der Waals surface area contributed by atoms with Crippen molar-refractivity contribution in [1.82, 2.24) is 10.4 Å². The van der Waals surface area contributed by atoms with E-state index in [0.29, 0.717) is 12.1 Å². The van der Waals surface area contributed by atoms with Gasteiger partial charge in [0.15, 0.2) is 0 Å². The summed E-state index contributed by atoms with van der Waals surface area (Å²) >= 11 is 0. The molecule has 2 rings (SSSR count). The molecule has 2 N–H and O–H groups in total.